The number of aliphatic hydroxyl groups is 2. The van der Waals surface area contributed by atoms with Crippen LogP contribution in [0, 0.1) is 0 Å². The monoisotopic (exact) mass is 1210 g/mol. The average molecular weight is 1210 g/mol. The fraction of sp³-hybridized carbons (Fsp3) is 0.875. The van der Waals surface area contributed by atoms with Gasteiger partial charge in [-0.1, -0.05) is 371 Å². The first kappa shape index (κ1) is 83.8. The first-order valence-electron chi connectivity index (χ1n) is 38.9. The molecule has 1 amide bonds. The zero-order valence-electron chi connectivity index (χ0n) is 58.1. The van der Waals surface area contributed by atoms with Crippen molar-refractivity contribution in [3.05, 3.63) is 48.6 Å². The third-order valence-corrected chi connectivity index (χ3v) is 18.1. The van der Waals surface area contributed by atoms with Crippen LogP contribution in [0.15, 0.2) is 48.6 Å². The molecule has 0 aliphatic heterocycles. The lowest BCUT2D eigenvalue weighted by Gasteiger charge is -2.22. The summed E-state index contributed by atoms with van der Waals surface area (Å²) in [6.07, 6.45) is 99.0. The minimum Gasteiger partial charge on any atom is -0.466 e. The number of carbonyl (C=O) groups is 2. The van der Waals surface area contributed by atoms with Crippen LogP contribution in [0.2, 0.25) is 0 Å². The summed E-state index contributed by atoms with van der Waals surface area (Å²) in [4.78, 5) is 24.7. The van der Waals surface area contributed by atoms with E-state index in [-0.39, 0.29) is 18.5 Å². The lowest BCUT2D eigenvalue weighted by atomic mass is 10.0. The standard InChI is InChI=1S/C80H151NO5/c1-3-5-7-9-11-13-15-17-19-21-23-33-37-40-44-48-52-56-60-64-68-72-78(83)77(76-82)81-79(84)73-69-65-61-57-53-49-45-41-38-34-31-29-27-25-24-26-28-30-32-35-39-43-47-51-55-59-63-67-71-75-86-80(85)74-70-66-62-58-54-50-46-42-36-22-20-18-16-14-12-10-8-6-4-2/h12,14,18,20,24,26,30,32,77-78,82-83H,3-11,13,15-17,19,21-23,25,27-29,31,33-76H2,1-2H3,(H,81,84)/b14-12-,20-18-,26-24-,32-30-. The van der Waals surface area contributed by atoms with Crippen molar-refractivity contribution in [1.82, 2.24) is 5.32 Å². The first-order chi connectivity index (χ1) is 42.5. The molecule has 3 N–H and O–H groups in total. The second kappa shape index (κ2) is 75.3. The predicted octanol–water partition coefficient (Wildman–Crippen LogP) is 25.6. The molecule has 0 heterocycles. The normalized spacial score (nSPS) is 12.7. The highest BCUT2D eigenvalue weighted by Gasteiger charge is 2.20. The molecule has 6 nitrogen and oxygen atoms in total. The molecule has 0 aliphatic rings. The molecule has 0 aromatic carbocycles. The number of hydrogen-bond donors (Lipinski definition) is 3. The van der Waals surface area contributed by atoms with Gasteiger partial charge in [0.25, 0.3) is 0 Å². The molecule has 0 aliphatic carbocycles. The highest BCUT2D eigenvalue weighted by molar-refractivity contribution is 5.76. The number of esters is 1. The number of allylic oxidation sites excluding steroid dienone is 8. The number of amides is 1. The molecule has 0 fully saturated rings. The average Bonchev–Trinajstić information content (AvgIpc) is 3.54. The van der Waals surface area contributed by atoms with E-state index in [4.69, 9.17) is 4.74 Å². The van der Waals surface area contributed by atoms with Gasteiger partial charge in [0.05, 0.1) is 25.4 Å². The fourth-order valence-corrected chi connectivity index (χ4v) is 12.2. The Hall–Kier alpha value is -2.18. The molecule has 506 valence electrons. The molecule has 0 saturated heterocycles. The Bertz CT molecular complexity index is 1440. The van der Waals surface area contributed by atoms with Crippen molar-refractivity contribution in [2.45, 2.75) is 437 Å². The van der Waals surface area contributed by atoms with Crippen molar-refractivity contribution in [1.29, 1.82) is 0 Å². The van der Waals surface area contributed by atoms with Crippen molar-refractivity contribution in [2.75, 3.05) is 13.2 Å². The van der Waals surface area contributed by atoms with E-state index in [2.05, 4.69) is 67.8 Å². The largest absolute Gasteiger partial charge is 0.466 e. The predicted molar refractivity (Wildman–Crippen MR) is 379 cm³/mol. The van der Waals surface area contributed by atoms with E-state index >= 15 is 0 Å². The molecule has 2 atom stereocenters. The Morgan fingerprint density at radius 2 is 0.581 bits per heavy atom. The molecule has 0 aromatic heterocycles. The second-order valence-electron chi connectivity index (χ2n) is 26.7. The summed E-state index contributed by atoms with van der Waals surface area (Å²) >= 11 is 0. The number of aliphatic hydroxyl groups excluding tert-OH is 2. The molecule has 0 bridgehead atoms. The number of unbranched alkanes of at least 4 members (excludes halogenated alkanes) is 54. The van der Waals surface area contributed by atoms with Crippen LogP contribution in [0.4, 0.5) is 0 Å². The lowest BCUT2D eigenvalue weighted by molar-refractivity contribution is -0.143. The minimum atomic E-state index is -0.667. The van der Waals surface area contributed by atoms with E-state index in [9.17, 15) is 19.8 Å². The van der Waals surface area contributed by atoms with Crippen molar-refractivity contribution < 1.29 is 24.5 Å². The smallest absolute Gasteiger partial charge is 0.305 e. The van der Waals surface area contributed by atoms with Crippen LogP contribution in [0.25, 0.3) is 0 Å². The first-order valence-corrected chi connectivity index (χ1v) is 38.9. The molecule has 0 radical (unpaired) electrons. The summed E-state index contributed by atoms with van der Waals surface area (Å²) < 4.78 is 5.51. The summed E-state index contributed by atoms with van der Waals surface area (Å²) in [5.41, 5.74) is 0. The van der Waals surface area contributed by atoms with Gasteiger partial charge in [0.2, 0.25) is 5.91 Å². The van der Waals surface area contributed by atoms with Gasteiger partial charge < -0.3 is 20.3 Å². The fourth-order valence-electron chi connectivity index (χ4n) is 12.2. The Balaban J connectivity index is 3.40. The molecule has 0 saturated carbocycles. The molecule has 2 unspecified atom stereocenters. The van der Waals surface area contributed by atoms with E-state index in [1.165, 1.54) is 334 Å². The van der Waals surface area contributed by atoms with Crippen LogP contribution in [0.3, 0.4) is 0 Å². The third-order valence-electron chi connectivity index (χ3n) is 18.1. The molecule has 0 aromatic rings. The van der Waals surface area contributed by atoms with Gasteiger partial charge in [-0.25, -0.2) is 0 Å². The quantitative estimate of drug-likeness (QED) is 0.0320. The molecule has 0 rings (SSSR count). The van der Waals surface area contributed by atoms with Crippen molar-refractivity contribution in [3.63, 3.8) is 0 Å². The summed E-state index contributed by atoms with van der Waals surface area (Å²) in [5, 5.41) is 23.4. The van der Waals surface area contributed by atoms with Crippen LogP contribution in [0.1, 0.15) is 425 Å². The zero-order chi connectivity index (χ0) is 62.0. The zero-order valence-corrected chi connectivity index (χ0v) is 58.1. The maximum absolute atomic E-state index is 12.6. The summed E-state index contributed by atoms with van der Waals surface area (Å²) in [7, 11) is 0. The Kier molecular flexibility index (Phi) is 73.4. The number of rotatable bonds is 73. The SMILES string of the molecule is CCCCC/C=C\C/C=C\CCCCCCCCCCCC(=O)OCCCCCCCCCCC/C=C\C/C=C\CCCCCCCCCCCCCCCC(=O)NC(CO)C(O)CCCCCCCCCCCCCCCCCCCCCCC. The summed E-state index contributed by atoms with van der Waals surface area (Å²) in [6, 6.07) is -0.544. The topological polar surface area (TPSA) is 95.9 Å². The molecule has 86 heavy (non-hydrogen) atoms. The maximum Gasteiger partial charge on any atom is 0.305 e. The van der Waals surface area contributed by atoms with E-state index in [1.807, 2.05) is 0 Å². The van der Waals surface area contributed by atoms with Gasteiger partial charge in [-0.05, 0) is 89.9 Å². The lowest BCUT2D eigenvalue weighted by Crippen LogP contribution is -2.45. The molecular weight excluding hydrogens is 1050 g/mol. The van der Waals surface area contributed by atoms with E-state index in [0.717, 1.165) is 57.8 Å². The van der Waals surface area contributed by atoms with Gasteiger partial charge in [0.1, 0.15) is 0 Å². The Morgan fingerprint density at radius 1 is 0.326 bits per heavy atom. The number of ether oxygens (including phenoxy) is 1. The number of carbonyl (C=O) groups excluding carboxylic acids is 2. The number of hydrogen-bond acceptors (Lipinski definition) is 5. The van der Waals surface area contributed by atoms with Crippen molar-refractivity contribution >= 4 is 11.9 Å². The highest BCUT2D eigenvalue weighted by atomic mass is 16.5. The second-order valence-corrected chi connectivity index (χ2v) is 26.7. The molecular formula is C80H151NO5. The van der Waals surface area contributed by atoms with E-state index < -0.39 is 12.1 Å². The maximum atomic E-state index is 12.6. The van der Waals surface area contributed by atoms with Crippen LogP contribution >= 0.6 is 0 Å². The summed E-state index contributed by atoms with van der Waals surface area (Å²) in [6.45, 7) is 4.96. The highest BCUT2D eigenvalue weighted by Crippen LogP contribution is 2.19. The van der Waals surface area contributed by atoms with Gasteiger partial charge in [-0.3, -0.25) is 9.59 Å². The third kappa shape index (κ3) is 70.9. The Labute approximate surface area is 537 Å². The van der Waals surface area contributed by atoms with Gasteiger partial charge in [0.15, 0.2) is 0 Å². The van der Waals surface area contributed by atoms with Crippen molar-refractivity contribution in [3.8, 4) is 0 Å². The Morgan fingerprint density at radius 3 is 0.907 bits per heavy atom. The van der Waals surface area contributed by atoms with Crippen LogP contribution in [-0.4, -0.2) is 47.4 Å². The molecule has 0 spiro atoms. The molecule has 6 heteroatoms. The minimum absolute atomic E-state index is 0.00880. The van der Waals surface area contributed by atoms with Crippen LogP contribution in [-0.2, 0) is 14.3 Å². The summed E-state index contributed by atoms with van der Waals surface area (Å²) in [5.74, 6) is -0.0230. The van der Waals surface area contributed by atoms with Gasteiger partial charge in [-0.15, -0.1) is 0 Å². The van der Waals surface area contributed by atoms with E-state index in [0.29, 0.717) is 25.9 Å². The van der Waals surface area contributed by atoms with Crippen LogP contribution < -0.4 is 5.32 Å². The van der Waals surface area contributed by atoms with Crippen LogP contribution in [0.5, 0.6) is 0 Å². The number of nitrogens with one attached hydrogen (secondary N) is 1. The van der Waals surface area contributed by atoms with Gasteiger partial charge in [-0.2, -0.15) is 0 Å². The van der Waals surface area contributed by atoms with E-state index in [1.54, 1.807) is 0 Å². The van der Waals surface area contributed by atoms with Crippen molar-refractivity contribution in [2.24, 2.45) is 0 Å². The van der Waals surface area contributed by atoms with Gasteiger partial charge >= 0.3 is 5.97 Å². The van der Waals surface area contributed by atoms with Gasteiger partial charge in [0, 0.05) is 12.8 Å².